The van der Waals surface area contributed by atoms with Crippen LogP contribution in [0.5, 0.6) is 0 Å². The Morgan fingerprint density at radius 2 is 2.05 bits per heavy atom. The molecule has 2 N–H and O–H groups in total. The second-order valence-corrected chi connectivity index (χ2v) is 4.57. The number of hydrogen-bond donors (Lipinski definition) is 1. The van der Waals surface area contributed by atoms with Crippen LogP contribution >= 0.6 is 11.8 Å². The van der Waals surface area contributed by atoms with Crippen molar-refractivity contribution in [2.75, 3.05) is 12.0 Å². The lowest BCUT2D eigenvalue weighted by atomic mass is 10.2. The van der Waals surface area contributed by atoms with E-state index in [0.29, 0.717) is 11.7 Å². The first-order valence-corrected chi connectivity index (χ1v) is 6.71. The van der Waals surface area contributed by atoms with E-state index in [-0.39, 0.29) is 11.5 Å². The Bertz CT molecular complexity index is 655. The second kappa shape index (κ2) is 5.66. The minimum absolute atomic E-state index is 0.131. The van der Waals surface area contributed by atoms with Gasteiger partial charge in [0.05, 0.1) is 6.54 Å². The molecule has 0 amide bonds. The predicted octanol–water partition coefficient (Wildman–Crippen LogP) is 1.99. The van der Waals surface area contributed by atoms with Gasteiger partial charge in [-0.1, -0.05) is 42.1 Å². The minimum atomic E-state index is -0.518. The zero-order chi connectivity index (χ0) is 13.8. The summed E-state index contributed by atoms with van der Waals surface area (Å²) in [5.74, 6) is -0.131. The molecule has 1 heterocycles. The summed E-state index contributed by atoms with van der Waals surface area (Å²) in [6.07, 6.45) is 1.79. The highest BCUT2D eigenvalue weighted by molar-refractivity contribution is 7.98. The lowest BCUT2D eigenvalue weighted by Crippen LogP contribution is -2.24. The molecular formula is C12H12N4O2S. The van der Waals surface area contributed by atoms with Crippen molar-refractivity contribution >= 4 is 23.3 Å². The molecule has 7 heteroatoms. The summed E-state index contributed by atoms with van der Waals surface area (Å²) in [6.45, 7) is 0.325. The number of nitrogens with zero attached hydrogens (tertiary/aromatic N) is 3. The fraction of sp³-hybridized carbons (Fsp3) is 0.167. The molecule has 0 unspecified atom stereocenters. The molecular weight excluding hydrogens is 264 g/mol. The number of nitroso groups, excluding NO2 is 1. The van der Waals surface area contributed by atoms with Crippen LogP contribution in [0.2, 0.25) is 0 Å². The molecule has 6 nitrogen and oxygen atoms in total. The first-order chi connectivity index (χ1) is 9.17. The van der Waals surface area contributed by atoms with Crippen LogP contribution in [0.1, 0.15) is 5.56 Å². The average molecular weight is 276 g/mol. The van der Waals surface area contributed by atoms with Crippen LogP contribution in [0, 0.1) is 4.91 Å². The molecule has 0 saturated carbocycles. The Morgan fingerprint density at radius 1 is 1.37 bits per heavy atom. The monoisotopic (exact) mass is 276 g/mol. The van der Waals surface area contributed by atoms with Crippen LogP contribution < -0.4 is 11.3 Å². The van der Waals surface area contributed by atoms with E-state index in [1.807, 2.05) is 30.3 Å². The summed E-state index contributed by atoms with van der Waals surface area (Å²) >= 11 is 1.29. The first kappa shape index (κ1) is 13.3. The Morgan fingerprint density at radius 3 is 2.63 bits per heavy atom. The lowest BCUT2D eigenvalue weighted by molar-refractivity contribution is 0.650. The van der Waals surface area contributed by atoms with Gasteiger partial charge < -0.3 is 5.73 Å². The number of rotatable bonds is 4. The Kier molecular flexibility index (Phi) is 3.96. The maximum atomic E-state index is 12.1. The highest BCUT2D eigenvalue weighted by atomic mass is 32.2. The standard InChI is InChI=1S/C12H12N4O2S/c1-19-12-14-10(13)9(15-18)11(17)16(12)7-8-5-3-2-4-6-8/h2-6H,7,13H2,1H3. The summed E-state index contributed by atoms with van der Waals surface area (Å²) in [5, 5.41) is 3.12. The second-order valence-electron chi connectivity index (χ2n) is 3.80. The molecule has 0 atom stereocenters. The van der Waals surface area contributed by atoms with Crippen LogP contribution in [-0.4, -0.2) is 15.8 Å². The normalized spacial score (nSPS) is 10.4. The van der Waals surface area contributed by atoms with E-state index in [9.17, 15) is 9.70 Å². The van der Waals surface area contributed by atoms with E-state index in [0.717, 1.165) is 5.56 Å². The van der Waals surface area contributed by atoms with Gasteiger partial charge in [0.25, 0.3) is 5.56 Å². The molecule has 0 radical (unpaired) electrons. The Balaban J connectivity index is 2.55. The summed E-state index contributed by atoms with van der Waals surface area (Å²) in [5.41, 5.74) is 5.62. The molecule has 1 aromatic carbocycles. The summed E-state index contributed by atoms with van der Waals surface area (Å²) in [7, 11) is 0. The molecule has 0 saturated heterocycles. The van der Waals surface area contributed by atoms with Gasteiger partial charge in [0, 0.05) is 0 Å². The van der Waals surface area contributed by atoms with Crippen LogP contribution in [-0.2, 0) is 6.54 Å². The molecule has 0 bridgehead atoms. The van der Waals surface area contributed by atoms with Gasteiger partial charge >= 0.3 is 0 Å². The average Bonchev–Trinajstić information content (AvgIpc) is 2.43. The van der Waals surface area contributed by atoms with Gasteiger partial charge in [-0.3, -0.25) is 9.36 Å². The van der Waals surface area contributed by atoms with Gasteiger partial charge in [-0.2, -0.15) is 0 Å². The number of benzene rings is 1. The van der Waals surface area contributed by atoms with Crippen molar-refractivity contribution in [2.45, 2.75) is 11.7 Å². The van der Waals surface area contributed by atoms with Crippen molar-refractivity contribution in [2.24, 2.45) is 5.18 Å². The van der Waals surface area contributed by atoms with Gasteiger partial charge in [0.2, 0.25) is 5.69 Å². The van der Waals surface area contributed by atoms with E-state index in [2.05, 4.69) is 10.2 Å². The van der Waals surface area contributed by atoms with Crippen molar-refractivity contribution in [1.29, 1.82) is 0 Å². The number of thioether (sulfide) groups is 1. The molecule has 1 aromatic heterocycles. The van der Waals surface area contributed by atoms with Crippen LogP contribution in [0.3, 0.4) is 0 Å². The van der Waals surface area contributed by atoms with Gasteiger partial charge in [0.15, 0.2) is 11.0 Å². The maximum Gasteiger partial charge on any atom is 0.286 e. The molecule has 19 heavy (non-hydrogen) atoms. The smallest absolute Gasteiger partial charge is 0.286 e. The summed E-state index contributed by atoms with van der Waals surface area (Å²) in [4.78, 5) is 26.8. The third-order valence-electron chi connectivity index (χ3n) is 2.59. The van der Waals surface area contributed by atoms with Crippen molar-refractivity contribution in [3.63, 3.8) is 0 Å². The van der Waals surface area contributed by atoms with Crippen LogP contribution in [0.15, 0.2) is 45.5 Å². The fourth-order valence-corrected chi connectivity index (χ4v) is 2.25. The molecule has 0 aliphatic heterocycles. The van der Waals surface area contributed by atoms with Gasteiger partial charge in [-0.05, 0) is 17.0 Å². The van der Waals surface area contributed by atoms with Gasteiger partial charge in [0.1, 0.15) is 0 Å². The van der Waals surface area contributed by atoms with Crippen LogP contribution in [0.25, 0.3) is 0 Å². The first-order valence-electron chi connectivity index (χ1n) is 5.49. The molecule has 0 fully saturated rings. The van der Waals surface area contributed by atoms with E-state index in [1.165, 1.54) is 16.3 Å². The number of hydrogen-bond acceptors (Lipinski definition) is 6. The van der Waals surface area contributed by atoms with E-state index < -0.39 is 5.56 Å². The lowest BCUT2D eigenvalue weighted by Gasteiger charge is -2.11. The molecule has 0 spiro atoms. The molecule has 2 rings (SSSR count). The predicted molar refractivity (Wildman–Crippen MR) is 75.7 cm³/mol. The quantitative estimate of drug-likeness (QED) is 0.524. The van der Waals surface area contributed by atoms with Gasteiger partial charge in [-0.15, -0.1) is 4.91 Å². The third-order valence-corrected chi connectivity index (χ3v) is 3.27. The Hall–Kier alpha value is -2.15. The number of nitrogen functional groups attached to an aromatic ring is 1. The summed E-state index contributed by atoms with van der Waals surface area (Å²) < 4.78 is 1.40. The topological polar surface area (TPSA) is 90.3 Å². The van der Waals surface area contributed by atoms with Gasteiger partial charge in [-0.25, -0.2) is 4.98 Å². The highest BCUT2D eigenvalue weighted by Gasteiger charge is 2.15. The largest absolute Gasteiger partial charge is 0.382 e. The van der Waals surface area contributed by atoms with Crippen LogP contribution in [0.4, 0.5) is 11.5 Å². The molecule has 0 aliphatic rings. The summed E-state index contributed by atoms with van der Waals surface area (Å²) in [6, 6.07) is 9.43. The Labute approximate surface area is 113 Å². The van der Waals surface area contributed by atoms with Crippen molar-refractivity contribution < 1.29 is 0 Å². The zero-order valence-corrected chi connectivity index (χ0v) is 11.1. The highest BCUT2D eigenvalue weighted by Crippen LogP contribution is 2.19. The number of aromatic nitrogens is 2. The fourth-order valence-electron chi connectivity index (χ4n) is 1.69. The SMILES string of the molecule is CSc1nc(N)c(N=O)c(=O)n1Cc1ccccc1. The number of anilines is 1. The van der Waals surface area contributed by atoms with E-state index in [1.54, 1.807) is 6.26 Å². The molecule has 98 valence electrons. The van der Waals surface area contributed by atoms with Crippen molar-refractivity contribution in [1.82, 2.24) is 9.55 Å². The van der Waals surface area contributed by atoms with Crippen molar-refractivity contribution in [3.05, 3.63) is 51.2 Å². The maximum absolute atomic E-state index is 12.1. The zero-order valence-electron chi connectivity index (χ0n) is 10.2. The van der Waals surface area contributed by atoms with E-state index >= 15 is 0 Å². The molecule has 0 aliphatic carbocycles. The minimum Gasteiger partial charge on any atom is -0.382 e. The number of nitrogens with two attached hydrogens (primary N) is 1. The third kappa shape index (κ3) is 2.65. The molecule has 2 aromatic rings. The van der Waals surface area contributed by atoms with Crippen molar-refractivity contribution in [3.8, 4) is 0 Å². The van der Waals surface area contributed by atoms with E-state index in [4.69, 9.17) is 5.73 Å².